The number of hydrogen-bond acceptors (Lipinski definition) is 5. The molecule has 0 radical (unpaired) electrons. The Morgan fingerprint density at radius 1 is 1.00 bits per heavy atom. The number of aliphatic hydroxyl groups is 3. The van der Waals surface area contributed by atoms with E-state index in [2.05, 4.69) is 0 Å². The molecular formula is C10H22O5. The standard InChI is InChI=1S/C10H22O5/c1-4-7-8-14-15-9(5-2,6-3)10(11,12)13/h11-13H,4-8H2,1-3H3. The molecule has 0 aliphatic heterocycles. The van der Waals surface area contributed by atoms with Crippen LogP contribution in [0.15, 0.2) is 0 Å². The lowest BCUT2D eigenvalue weighted by molar-refractivity contribution is -0.478. The zero-order chi connectivity index (χ0) is 11.9. The Morgan fingerprint density at radius 2 is 1.53 bits per heavy atom. The summed E-state index contributed by atoms with van der Waals surface area (Å²) in [6.07, 6.45) is 2.24. The molecule has 0 saturated heterocycles. The largest absolute Gasteiger partial charge is 0.341 e. The summed E-state index contributed by atoms with van der Waals surface area (Å²) < 4.78 is 0. The van der Waals surface area contributed by atoms with Crippen molar-refractivity contribution in [2.75, 3.05) is 6.61 Å². The fourth-order valence-electron chi connectivity index (χ4n) is 1.26. The molecule has 0 aromatic rings. The van der Waals surface area contributed by atoms with Crippen LogP contribution in [0.4, 0.5) is 0 Å². The van der Waals surface area contributed by atoms with Crippen LogP contribution >= 0.6 is 0 Å². The third kappa shape index (κ3) is 4.04. The monoisotopic (exact) mass is 222 g/mol. The Balaban J connectivity index is 4.26. The first kappa shape index (κ1) is 14.8. The molecule has 0 atom stereocenters. The van der Waals surface area contributed by atoms with Crippen LogP contribution in [0.1, 0.15) is 46.5 Å². The second kappa shape index (κ2) is 6.40. The van der Waals surface area contributed by atoms with Gasteiger partial charge in [0.05, 0.1) is 6.61 Å². The van der Waals surface area contributed by atoms with Gasteiger partial charge in [0.15, 0.2) is 5.60 Å². The fourth-order valence-corrected chi connectivity index (χ4v) is 1.26. The van der Waals surface area contributed by atoms with E-state index in [0.29, 0.717) is 6.61 Å². The lowest BCUT2D eigenvalue weighted by atomic mass is 9.94. The summed E-state index contributed by atoms with van der Waals surface area (Å²) in [4.78, 5) is 9.81. The van der Waals surface area contributed by atoms with Crippen molar-refractivity contribution in [3.63, 3.8) is 0 Å². The first-order valence-electron chi connectivity index (χ1n) is 5.41. The Morgan fingerprint density at radius 3 is 1.87 bits per heavy atom. The molecule has 92 valence electrons. The van der Waals surface area contributed by atoms with Crippen LogP contribution in [0.2, 0.25) is 0 Å². The molecule has 0 unspecified atom stereocenters. The summed E-state index contributed by atoms with van der Waals surface area (Å²) in [5.74, 6) is -2.89. The highest BCUT2D eigenvalue weighted by molar-refractivity contribution is 4.83. The minimum absolute atomic E-state index is 0.235. The van der Waals surface area contributed by atoms with Crippen molar-refractivity contribution in [1.29, 1.82) is 0 Å². The summed E-state index contributed by atoms with van der Waals surface area (Å²) in [6.45, 7) is 5.74. The highest BCUT2D eigenvalue weighted by Gasteiger charge is 2.49. The summed E-state index contributed by atoms with van der Waals surface area (Å²) in [7, 11) is 0. The molecule has 0 aromatic heterocycles. The zero-order valence-electron chi connectivity index (χ0n) is 9.69. The van der Waals surface area contributed by atoms with Crippen molar-refractivity contribution in [3.05, 3.63) is 0 Å². The molecule has 3 N–H and O–H groups in total. The van der Waals surface area contributed by atoms with E-state index in [1.165, 1.54) is 0 Å². The van der Waals surface area contributed by atoms with E-state index in [9.17, 15) is 15.3 Å². The lowest BCUT2D eigenvalue weighted by Crippen LogP contribution is -2.55. The highest BCUT2D eigenvalue weighted by Crippen LogP contribution is 2.30. The second-order valence-corrected chi connectivity index (χ2v) is 3.60. The number of hydrogen-bond donors (Lipinski definition) is 3. The van der Waals surface area contributed by atoms with Gasteiger partial charge in [-0.3, -0.25) is 0 Å². The summed E-state index contributed by atoms with van der Waals surface area (Å²) >= 11 is 0. The normalized spacial score (nSPS) is 13.2. The minimum atomic E-state index is -2.89. The van der Waals surface area contributed by atoms with Crippen molar-refractivity contribution in [2.45, 2.75) is 58.0 Å². The lowest BCUT2D eigenvalue weighted by Gasteiger charge is -2.36. The van der Waals surface area contributed by atoms with Gasteiger partial charge in [-0.2, -0.15) is 0 Å². The van der Waals surface area contributed by atoms with Crippen LogP contribution in [0.5, 0.6) is 0 Å². The minimum Gasteiger partial charge on any atom is -0.341 e. The van der Waals surface area contributed by atoms with Crippen molar-refractivity contribution < 1.29 is 25.1 Å². The van der Waals surface area contributed by atoms with E-state index in [-0.39, 0.29) is 12.8 Å². The number of rotatable bonds is 8. The van der Waals surface area contributed by atoms with Gasteiger partial charge in [0.2, 0.25) is 0 Å². The van der Waals surface area contributed by atoms with Crippen molar-refractivity contribution in [3.8, 4) is 0 Å². The average molecular weight is 222 g/mol. The molecule has 15 heavy (non-hydrogen) atoms. The molecule has 0 aromatic carbocycles. The third-order valence-electron chi connectivity index (χ3n) is 2.55. The maximum Gasteiger partial charge on any atom is 0.309 e. The van der Waals surface area contributed by atoms with Gasteiger partial charge < -0.3 is 15.3 Å². The van der Waals surface area contributed by atoms with E-state index >= 15 is 0 Å². The maximum absolute atomic E-state index is 9.19. The molecule has 0 fully saturated rings. The number of unbranched alkanes of at least 4 members (excludes halogenated alkanes) is 1. The molecule has 0 aliphatic rings. The fraction of sp³-hybridized carbons (Fsp3) is 1.00. The van der Waals surface area contributed by atoms with Crippen LogP contribution in [-0.4, -0.2) is 33.5 Å². The molecule has 0 amide bonds. The molecule has 0 aliphatic carbocycles. The van der Waals surface area contributed by atoms with E-state index in [1.807, 2.05) is 6.92 Å². The zero-order valence-corrected chi connectivity index (χ0v) is 9.69. The molecule has 0 saturated carbocycles. The first-order valence-corrected chi connectivity index (χ1v) is 5.41. The topological polar surface area (TPSA) is 79.2 Å². The summed E-state index contributed by atoms with van der Waals surface area (Å²) in [5, 5.41) is 27.6. The molecule has 0 rings (SSSR count). The third-order valence-corrected chi connectivity index (χ3v) is 2.55. The predicted molar refractivity (Wildman–Crippen MR) is 54.6 cm³/mol. The molecule has 5 heteroatoms. The van der Waals surface area contributed by atoms with Crippen LogP contribution in [0.25, 0.3) is 0 Å². The smallest absolute Gasteiger partial charge is 0.309 e. The Bertz CT molecular complexity index is 160. The van der Waals surface area contributed by atoms with Crippen LogP contribution in [0, 0.1) is 0 Å². The van der Waals surface area contributed by atoms with Crippen LogP contribution in [0.3, 0.4) is 0 Å². The van der Waals surface area contributed by atoms with E-state index in [4.69, 9.17) is 9.78 Å². The van der Waals surface area contributed by atoms with Gasteiger partial charge in [-0.05, 0) is 19.3 Å². The van der Waals surface area contributed by atoms with Gasteiger partial charge in [0, 0.05) is 0 Å². The first-order chi connectivity index (χ1) is 6.93. The van der Waals surface area contributed by atoms with Gasteiger partial charge >= 0.3 is 5.97 Å². The van der Waals surface area contributed by atoms with Crippen LogP contribution < -0.4 is 0 Å². The van der Waals surface area contributed by atoms with Crippen LogP contribution in [-0.2, 0) is 9.78 Å². The highest BCUT2D eigenvalue weighted by atomic mass is 17.2. The molecule has 5 nitrogen and oxygen atoms in total. The van der Waals surface area contributed by atoms with Gasteiger partial charge in [-0.15, -0.1) is 0 Å². The quantitative estimate of drug-likeness (QED) is 0.246. The molecular weight excluding hydrogens is 200 g/mol. The van der Waals surface area contributed by atoms with Crippen molar-refractivity contribution in [1.82, 2.24) is 0 Å². The van der Waals surface area contributed by atoms with Crippen molar-refractivity contribution >= 4 is 0 Å². The average Bonchev–Trinajstić information content (AvgIpc) is 2.17. The van der Waals surface area contributed by atoms with E-state index in [1.54, 1.807) is 13.8 Å². The Labute approximate surface area is 90.6 Å². The maximum atomic E-state index is 9.19. The van der Waals surface area contributed by atoms with Gasteiger partial charge in [0.1, 0.15) is 0 Å². The SMILES string of the molecule is CCCCOOC(CC)(CC)C(O)(O)O. The summed E-state index contributed by atoms with van der Waals surface area (Å²) in [5.41, 5.74) is -1.49. The molecule has 0 spiro atoms. The van der Waals surface area contributed by atoms with Gasteiger partial charge in [-0.1, -0.05) is 27.2 Å². The Kier molecular flexibility index (Phi) is 6.31. The molecule has 0 bridgehead atoms. The van der Waals surface area contributed by atoms with Gasteiger partial charge in [-0.25, -0.2) is 9.78 Å². The van der Waals surface area contributed by atoms with Crippen molar-refractivity contribution in [2.24, 2.45) is 0 Å². The van der Waals surface area contributed by atoms with Gasteiger partial charge in [0.25, 0.3) is 0 Å². The van der Waals surface area contributed by atoms with E-state index in [0.717, 1.165) is 12.8 Å². The predicted octanol–water partition coefficient (Wildman–Crippen LogP) is 0.924. The van der Waals surface area contributed by atoms with E-state index < -0.39 is 11.6 Å². The molecule has 0 heterocycles. The second-order valence-electron chi connectivity index (χ2n) is 3.60. The summed E-state index contributed by atoms with van der Waals surface area (Å²) in [6, 6.07) is 0. The Hall–Kier alpha value is -0.200.